The first kappa shape index (κ1) is 6.67. The van der Waals surface area contributed by atoms with E-state index in [1.165, 1.54) is 0 Å². The van der Waals surface area contributed by atoms with E-state index in [4.69, 9.17) is 0 Å². The third-order valence-electron chi connectivity index (χ3n) is 0.464. The van der Waals surface area contributed by atoms with Gasteiger partial charge in [0, 0.05) is 0 Å². The number of halogens is 1. The second-order valence-electron chi connectivity index (χ2n) is 1.20. The summed E-state index contributed by atoms with van der Waals surface area (Å²) in [4.78, 5) is 9.68. The number of hydrogen-bond donors (Lipinski definition) is 0. The van der Waals surface area contributed by atoms with E-state index in [0.717, 1.165) is 0 Å². The summed E-state index contributed by atoms with van der Waals surface area (Å²) in [5, 5.41) is 0. The molecule has 7 heavy (non-hydrogen) atoms. The Balaban J connectivity index is 4.10. The molecule has 0 rings (SSSR count). The van der Waals surface area contributed by atoms with E-state index >= 15 is 0 Å². The van der Waals surface area contributed by atoms with Gasteiger partial charge in [0.2, 0.25) is 0 Å². The summed E-state index contributed by atoms with van der Waals surface area (Å²) >= 11 is 2.93. The topological polar surface area (TPSA) is 17.1 Å². The van der Waals surface area contributed by atoms with E-state index in [1.54, 1.807) is 12.9 Å². The van der Waals surface area contributed by atoms with Crippen molar-refractivity contribution in [2.75, 3.05) is 0 Å². The van der Waals surface area contributed by atoms with Gasteiger partial charge in [-0.1, -0.05) is 6.58 Å². The number of rotatable bonds is 1. The predicted octanol–water partition coefficient (Wildman–Crippen LogP) is 1.67. The molecule has 0 saturated carbocycles. The standard InChI is InChI=1S/C5H5BrO/c1-4(2)5(6)3-7/h1H2,2H3. The van der Waals surface area contributed by atoms with Crippen molar-refractivity contribution >= 4 is 21.9 Å². The molecule has 0 aliphatic rings. The molecule has 0 radical (unpaired) electrons. The molecule has 38 valence electrons. The average Bonchev–Trinajstić information content (AvgIpc) is 1.65. The normalized spacial score (nSPS) is 7.14. The van der Waals surface area contributed by atoms with Crippen molar-refractivity contribution in [3.05, 3.63) is 16.6 Å². The van der Waals surface area contributed by atoms with Crippen LogP contribution in [-0.2, 0) is 4.79 Å². The van der Waals surface area contributed by atoms with Gasteiger partial charge in [-0.05, 0) is 28.4 Å². The van der Waals surface area contributed by atoms with Crippen LogP contribution in [-0.4, -0.2) is 5.94 Å². The zero-order chi connectivity index (χ0) is 5.86. The quantitative estimate of drug-likeness (QED) is 0.422. The minimum atomic E-state index is 0.410. The molecule has 0 bridgehead atoms. The van der Waals surface area contributed by atoms with Gasteiger partial charge in [0.15, 0.2) is 0 Å². The Labute approximate surface area is 50.8 Å². The maximum absolute atomic E-state index is 9.68. The molecule has 0 saturated heterocycles. The Morgan fingerprint density at radius 1 is 1.86 bits per heavy atom. The van der Waals surface area contributed by atoms with Crippen LogP contribution in [0.25, 0.3) is 0 Å². The smallest absolute Gasteiger partial charge is 0.140 e. The summed E-state index contributed by atoms with van der Waals surface area (Å²) in [5.74, 6) is 1.65. The van der Waals surface area contributed by atoms with E-state index in [0.29, 0.717) is 10.1 Å². The summed E-state index contributed by atoms with van der Waals surface area (Å²) < 4.78 is 0.410. The highest BCUT2D eigenvalue weighted by atomic mass is 79.9. The molecule has 0 aliphatic carbocycles. The zero-order valence-electron chi connectivity index (χ0n) is 3.99. The van der Waals surface area contributed by atoms with Crippen LogP contribution >= 0.6 is 15.9 Å². The Morgan fingerprint density at radius 3 is 2.29 bits per heavy atom. The van der Waals surface area contributed by atoms with E-state index in [9.17, 15) is 4.79 Å². The van der Waals surface area contributed by atoms with E-state index in [2.05, 4.69) is 22.5 Å². The average molecular weight is 161 g/mol. The van der Waals surface area contributed by atoms with Gasteiger partial charge in [-0.15, -0.1) is 0 Å². The molecule has 0 aromatic rings. The van der Waals surface area contributed by atoms with Crippen molar-refractivity contribution in [2.45, 2.75) is 6.92 Å². The van der Waals surface area contributed by atoms with Crippen LogP contribution in [0.1, 0.15) is 6.92 Å². The Morgan fingerprint density at radius 2 is 2.29 bits per heavy atom. The van der Waals surface area contributed by atoms with Gasteiger partial charge < -0.3 is 0 Å². The summed E-state index contributed by atoms with van der Waals surface area (Å²) in [6.07, 6.45) is 0. The first-order valence-electron chi connectivity index (χ1n) is 1.75. The summed E-state index contributed by atoms with van der Waals surface area (Å²) in [5.41, 5.74) is 0.704. The van der Waals surface area contributed by atoms with Gasteiger partial charge in [0.1, 0.15) is 10.4 Å². The lowest BCUT2D eigenvalue weighted by Crippen LogP contribution is -1.68. The van der Waals surface area contributed by atoms with Gasteiger partial charge in [-0.2, -0.15) is 0 Å². The van der Waals surface area contributed by atoms with Crippen molar-refractivity contribution in [3.8, 4) is 0 Å². The van der Waals surface area contributed by atoms with Gasteiger partial charge in [0.05, 0.1) is 0 Å². The van der Waals surface area contributed by atoms with Crippen LogP contribution in [0.5, 0.6) is 0 Å². The molecule has 0 heterocycles. The van der Waals surface area contributed by atoms with Crippen molar-refractivity contribution in [1.29, 1.82) is 0 Å². The third kappa shape index (κ3) is 2.38. The van der Waals surface area contributed by atoms with Crippen LogP contribution in [0.3, 0.4) is 0 Å². The number of allylic oxidation sites excluding steroid dienone is 2. The molecule has 1 nitrogen and oxygen atoms in total. The monoisotopic (exact) mass is 160 g/mol. The molecule has 0 unspecified atom stereocenters. The molecule has 0 atom stereocenters. The lowest BCUT2D eigenvalue weighted by molar-refractivity contribution is 0.568. The van der Waals surface area contributed by atoms with Gasteiger partial charge in [0.25, 0.3) is 0 Å². The van der Waals surface area contributed by atoms with Crippen LogP contribution < -0.4 is 0 Å². The second kappa shape index (κ2) is 2.78. The van der Waals surface area contributed by atoms with Crippen LogP contribution in [0.4, 0.5) is 0 Å². The molecule has 0 N–H and O–H groups in total. The lowest BCUT2D eigenvalue weighted by atomic mass is 10.4. The first-order chi connectivity index (χ1) is 3.18. The molecule has 0 aromatic heterocycles. The van der Waals surface area contributed by atoms with Crippen molar-refractivity contribution in [2.24, 2.45) is 0 Å². The van der Waals surface area contributed by atoms with Crippen LogP contribution in [0.2, 0.25) is 0 Å². The fourth-order valence-electron chi connectivity index (χ4n) is 0.0871. The lowest BCUT2D eigenvalue weighted by Gasteiger charge is -1.82. The minimum Gasteiger partial charge on any atom is -0.232 e. The maximum Gasteiger partial charge on any atom is 0.140 e. The van der Waals surface area contributed by atoms with E-state index in [-0.39, 0.29) is 0 Å². The zero-order valence-corrected chi connectivity index (χ0v) is 5.58. The Bertz CT molecular complexity index is 131. The summed E-state index contributed by atoms with van der Waals surface area (Å²) in [7, 11) is 0. The molecular weight excluding hydrogens is 156 g/mol. The minimum absolute atomic E-state index is 0.410. The van der Waals surface area contributed by atoms with Crippen molar-refractivity contribution < 1.29 is 4.79 Å². The molecular formula is C5H5BrO. The summed E-state index contributed by atoms with van der Waals surface area (Å²) in [6.45, 7) is 5.21. The number of hydrogen-bond acceptors (Lipinski definition) is 1. The molecule has 0 spiro atoms. The Kier molecular flexibility index (Phi) is 2.65. The highest BCUT2D eigenvalue weighted by Crippen LogP contribution is 2.08. The third-order valence-corrected chi connectivity index (χ3v) is 1.30. The molecule has 0 aromatic carbocycles. The number of carbonyl (C=O) groups excluding carboxylic acids is 1. The fraction of sp³-hybridized carbons (Fsp3) is 0.200. The van der Waals surface area contributed by atoms with Gasteiger partial charge in [-0.3, -0.25) is 0 Å². The van der Waals surface area contributed by atoms with Crippen LogP contribution in [0, 0.1) is 0 Å². The highest BCUT2D eigenvalue weighted by molar-refractivity contribution is 9.12. The van der Waals surface area contributed by atoms with E-state index < -0.39 is 0 Å². The van der Waals surface area contributed by atoms with Gasteiger partial charge >= 0.3 is 0 Å². The SMILES string of the molecule is C=C(C)C(Br)=C=O. The van der Waals surface area contributed by atoms with E-state index in [1.807, 2.05) is 0 Å². The second-order valence-corrected chi connectivity index (χ2v) is 1.99. The van der Waals surface area contributed by atoms with Crippen molar-refractivity contribution in [1.82, 2.24) is 0 Å². The fourth-order valence-corrected chi connectivity index (χ4v) is 0.0871. The largest absolute Gasteiger partial charge is 0.232 e. The van der Waals surface area contributed by atoms with Crippen molar-refractivity contribution in [3.63, 3.8) is 0 Å². The molecule has 0 fully saturated rings. The molecule has 0 aliphatic heterocycles. The molecule has 0 amide bonds. The Hall–Kier alpha value is -0.330. The predicted molar refractivity (Wildman–Crippen MR) is 32.9 cm³/mol. The maximum atomic E-state index is 9.68. The first-order valence-corrected chi connectivity index (χ1v) is 2.54. The van der Waals surface area contributed by atoms with Crippen LogP contribution in [0.15, 0.2) is 16.6 Å². The summed E-state index contributed by atoms with van der Waals surface area (Å²) in [6, 6.07) is 0. The van der Waals surface area contributed by atoms with Gasteiger partial charge in [-0.25, -0.2) is 4.79 Å². The highest BCUT2D eigenvalue weighted by Gasteiger charge is 1.87. The molecule has 2 heteroatoms.